The van der Waals surface area contributed by atoms with Crippen LogP contribution in [0.4, 0.5) is 0 Å². The number of carbonyl (C=O) groups is 1. The Balaban J connectivity index is 2.34. The predicted octanol–water partition coefficient (Wildman–Crippen LogP) is 4.27. The van der Waals surface area contributed by atoms with Crippen molar-refractivity contribution in [3.8, 4) is 28.7 Å². The molecule has 0 aliphatic rings. The Morgan fingerprint density at radius 3 is 1.38 bits per heavy atom. The zero-order chi connectivity index (χ0) is 29.3. The highest BCUT2D eigenvalue weighted by Gasteiger charge is 2.32. The van der Waals surface area contributed by atoms with Gasteiger partial charge in [0, 0.05) is 53.9 Å². The molecule has 2 aromatic heterocycles. The third-order valence-corrected chi connectivity index (χ3v) is 7.32. The number of carbonyl (C=O) groups excluding carboxylic acids is 1. The molecule has 39 heavy (non-hydrogen) atoms. The molecule has 1 unspecified atom stereocenters. The lowest BCUT2D eigenvalue weighted by Crippen LogP contribution is -2.16. The molecule has 210 valence electrons. The van der Waals surface area contributed by atoms with Gasteiger partial charge in [0.1, 0.15) is 45.8 Å². The van der Waals surface area contributed by atoms with Gasteiger partial charge in [0.15, 0.2) is 5.78 Å². The minimum Gasteiger partial charge on any atom is -0.507 e. The fourth-order valence-corrected chi connectivity index (χ4v) is 4.57. The van der Waals surface area contributed by atoms with E-state index in [-0.39, 0.29) is 33.8 Å². The van der Waals surface area contributed by atoms with Gasteiger partial charge in [-0.15, -0.1) is 0 Å². The van der Waals surface area contributed by atoms with E-state index in [4.69, 9.17) is 8.83 Å². The summed E-state index contributed by atoms with van der Waals surface area (Å²) in [5.41, 5.74) is -2.95. The average Bonchev–Trinajstić information content (AvgIpc) is 2.91. The summed E-state index contributed by atoms with van der Waals surface area (Å²) in [5, 5.41) is 54.9. The Labute approximate surface area is 224 Å². The Morgan fingerprint density at radius 1 is 0.667 bits per heavy atom. The van der Waals surface area contributed by atoms with Crippen LogP contribution < -0.4 is 11.3 Å². The van der Waals surface area contributed by atoms with Crippen LogP contribution in [0.2, 0.25) is 0 Å². The van der Waals surface area contributed by atoms with Gasteiger partial charge in [0.05, 0.1) is 11.1 Å². The highest BCUT2D eigenvalue weighted by molar-refractivity contribution is 6.03. The smallest absolute Gasteiger partial charge is 0.343 e. The second-order valence-electron chi connectivity index (χ2n) is 9.64. The molecule has 0 fully saturated rings. The van der Waals surface area contributed by atoms with Crippen LogP contribution in [0.15, 0.2) is 18.4 Å². The normalized spacial score (nSPS) is 12.1. The molecule has 0 bridgehead atoms. The number of benzene rings is 1. The maximum absolute atomic E-state index is 13.2. The van der Waals surface area contributed by atoms with Gasteiger partial charge in [-0.3, -0.25) is 4.79 Å². The van der Waals surface area contributed by atoms with Gasteiger partial charge in [0.25, 0.3) is 0 Å². The van der Waals surface area contributed by atoms with Crippen molar-refractivity contribution in [2.75, 3.05) is 0 Å². The lowest BCUT2D eigenvalue weighted by molar-refractivity contribution is 0.0921. The highest BCUT2D eigenvalue weighted by Crippen LogP contribution is 2.46. The highest BCUT2D eigenvalue weighted by atomic mass is 16.4. The molecule has 0 saturated heterocycles. The molecule has 0 spiro atoms. The number of hydrogen-bond acceptors (Lipinski definition) is 10. The van der Waals surface area contributed by atoms with E-state index in [2.05, 4.69) is 0 Å². The van der Waals surface area contributed by atoms with E-state index in [1.165, 1.54) is 0 Å². The maximum Gasteiger partial charge on any atom is 0.343 e. The molecular weight excluding hydrogens is 508 g/mol. The summed E-state index contributed by atoms with van der Waals surface area (Å²) in [4.78, 5) is 38.6. The third kappa shape index (κ3) is 5.10. The Kier molecular flexibility index (Phi) is 8.48. The molecule has 2 heterocycles. The van der Waals surface area contributed by atoms with E-state index in [0.717, 1.165) is 0 Å². The van der Waals surface area contributed by atoms with Crippen molar-refractivity contribution in [1.29, 1.82) is 0 Å². The second kappa shape index (κ2) is 11.3. The first-order valence-corrected chi connectivity index (χ1v) is 12.8. The predicted molar refractivity (Wildman–Crippen MR) is 142 cm³/mol. The molecule has 0 saturated carbocycles. The van der Waals surface area contributed by atoms with Crippen LogP contribution in [0.5, 0.6) is 28.7 Å². The average molecular weight is 543 g/mol. The first-order valence-electron chi connectivity index (χ1n) is 12.8. The standard InChI is InChI=1S/C29H34O10/c1-7-12(4)22(30)21-26(34)15(10-17-23(31)13(5)19(8-2)38-28(17)36)25(33)16(27(21)35)11-18-24(32)14(6)20(9-3)39-29(18)37/h12,31-35H,7-11H2,1-6H3. The summed E-state index contributed by atoms with van der Waals surface area (Å²) in [6.07, 6.45) is -0.0686. The van der Waals surface area contributed by atoms with E-state index in [1.54, 1.807) is 41.5 Å². The van der Waals surface area contributed by atoms with Crippen molar-refractivity contribution in [3.63, 3.8) is 0 Å². The molecular formula is C29H34O10. The van der Waals surface area contributed by atoms with Gasteiger partial charge in [-0.1, -0.05) is 27.7 Å². The van der Waals surface area contributed by atoms with E-state index in [0.29, 0.717) is 30.4 Å². The van der Waals surface area contributed by atoms with Crippen LogP contribution in [0, 0.1) is 19.8 Å². The number of hydrogen-bond donors (Lipinski definition) is 5. The van der Waals surface area contributed by atoms with Crippen molar-refractivity contribution >= 4 is 5.78 Å². The number of phenols is 3. The number of aromatic hydroxyl groups is 5. The molecule has 5 N–H and O–H groups in total. The van der Waals surface area contributed by atoms with Crippen molar-refractivity contribution in [2.24, 2.45) is 5.92 Å². The van der Waals surface area contributed by atoms with E-state index >= 15 is 0 Å². The molecule has 0 aliphatic heterocycles. The molecule has 1 aromatic carbocycles. The molecule has 3 aromatic rings. The summed E-state index contributed by atoms with van der Waals surface area (Å²) in [6, 6.07) is 0. The zero-order valence-electron chi connectivity index (χ0n) is 22.9. The molecule has 0 amide bonds. The van der Waals surface area contributed by atoms with Gasteiger partial charge in [-0.05, 0) is 20.3 Å². The van der Waals surface area contributed by atoms with Crippen LogP contribution in [0.3, 0.4) is 0 Å². The number of rotatable bonds is 9. The summed E-state index contributed by atoms with van der Waals surface area (Å²) >= 11 is 0. The molecule has 3 rings (SSSR count). The van der Waals surface area contributed by atoms with Gasteiger partial charge >= 0.3 is 11.3 Å². The molecule has 1 atom stereocenters. The van der Waals surface area contributed by atoms with Crippen LogP contribution in [0.1, 0.15) is 89.4 Å². The van der Waals surface area contributed by atoms with E-state index in [9.17, 15) is 39.9 Å². The van der Waals surface area contributed by atoms with Crippen LogP contribution in [-0.4, -0.2) is 31.3 Å². The monoisotopic (exact) mass is 542 g/mol. The largest absolute Gasteiger partial charge is 0.507 e. The topological polar surface area (TPSA) is 179 Å². The summed E-state index contributed by atoms with van der Waals surface area (Å²) in [5.74, 6) is -3.81. The van der Waals surface area contributed by atoms with Gasteiger partial charge < -0.3 is 34.4 Å². The molecule has 10 nitrogen and oxygen atoms in total. The quantitative estimate of drug-likeness (QED) is 0.245. The Hall–Kier alpha value is -4.21. The van der Waals surface area contributed by atoms with Crippen molar-refractivity contribution in [3.05, 3.63) is 71.3 Å². The van der Waals surface area contributed by atoms with Crippen LogP contribution in [0.25, 0.3) is 0 Å². The van der Waals surface area contributed by atoms with Gasteiger partial charge in [-0.2, -0.15) is 0 Å². The zero-order valence-corrected chi connectivity index (χ0v) is 22.9. The molecule has 0 aliphatic carbocycles. The molecule has 10 heteroatoms. The van der Waals surface area contributed by atoms with Crippen LogP contribution in [-0.2, 0) is 25.7 Å². The molecule has 0 radical (unpaired) electrons. The van der Waals surface area contributed by atoms with Crippen LogP contribution >= 0.6 is 0 Å². The van der Waals surface area contributed by atoms with Gasteiger partial charge in [0.2, 0.25) is 0 Å². The third-order valence-electron chi connectivity index (χ3n) is 7.32. The van der Waals surface area contributed by atoms with Crippen molar-refractivity contribution in [1.82, 2.24) is 0 Å². The van der Waals surface area contributed by atoms with E-state index < -0.39 is 70.1 Å². The number of phenolic OH excluding ortho intramolecular Hbond substituents is 3. The Bertz CT molecular complexity index is 1460. The summed E-state index contributed by atoms with van der Waals surface area (Å²) < 4.78 is 10.6. The summed E-state index contributed by atoms with van der Waals surface area (Å²) in [7, 11) is 0. The second-order valence-corrected chi connectivity index (χ2v) is 9.64. The SMILES string of the molecule is CCc1oc(=O)c(Cc2c(O)c(Cc3c(O)c(C)c(CC)oc3=O)c(O)c(C(=O)C(C)CC)c2O)c(O)c1C. The fraction of sp³-hybridized carbons (Fsp3) is 0.414. The lowest BCUT2D eigenvalue weighted by Gasteiger charge is -2.20. The fourth-order valence-electron chi connectivity index (χ4n) is 4.57. The van der Waals surface area contributed by atoms with Crippen molar-refractivity contribution in [2.45, 2.75) is 73.6 Å². The minimum absolute atomic E-state index is 0.266. The van der Waals surface area contributed by atoms with Gasteiger partial charge in [-0.25, -0.2) is 9.59 Å². The maximum atomic E-state index is 13.2. The number of Topliss-reactive ketones (excluding diaryl/α,β-unsaturated/α-hetero) is 1. The minimum atomic E-state index is -0.901. The number of aryl methyl sites for hydroxylation is 2. The number of ketones is 1. The first kappa shape index (κ1) is 29.3. The summed E-state index contributed by atoms with van der Waals surface area (Å²) in [6.45, 7) is 9.90. The lowest BCUT2D eigenvalue weighted by atomic mass is 9.87. The first-order chi connectivity index (χ1) is 18.3. The van der Waals surface area contributed by atoms with Crippen molar-refractivity contribution < 1.29 is 39.2 Å². The van der Waals surface area contributed by atoms with E-state index in [1.807, 2.05) is 0 Å². The Morgan fingerprint density at radius 2 is 1.05 bits per heavy atom.